The van der Waals surface area contributed by atoms with Crippen LogP contribution in [0, 0.1) is 0 Å². The standard InChI is InChI=1S/C16H24BrNO/c1-12(18)16(13-7-6-8-14(17)11-13)19-15-9-4-2-3-5-10-15/h6-8,11-12,15-16H,2-5,9-10,18H2,1H3. The predicted octanol–water partition coefficient (Wildman–Crippen LogP) is 4.58. The molecule has 0 radical (unpaired) electrons. The normalized spacial score (nSPS) is 20.8. The highest BCUT2D eigenvalue weighted by Gasteiger charge is 2.22. The Morgan fingerprint density at radius 3 is 2.47 bits per heavy atom. The lowest BCUT2D eigenvalue weighted by molar-refractivity contribution is -0.0309. The fourth-order valence-corrected chi connectivity index (χ4v) is 3.19. The van der Waals surface area contributed by atoms with Crippen LogP contribution in [0.4, 0.5) is 0 Å². The van der Waals surface area contributed by atoms with Gasteiger partial charge < -0.3 is 10.5 Å². The molecule has 1 aliphatic carbocycles. The minimum absolute atomic E-state index is 0.000556. The molecule has 0 aliphatic heterocycles. The van der Waals surface area contributed by atoms with Crippen molar-refractivity contribution < 1.29 is 4.74 Å². The second-order valence-electron chi connectivity index (χ2n) is 5.58. The van der Waals surface area contributed by atoms with Crippen LogP contribution in [0.3, 0.4) is 0 Å². The zero-order chi connectivity index (χ0) is 13.7. The lowest BCUT2D eigenvalue weighted by Crippen LogP contribution is -2.30. The SMILES string of the molecule is CC(N)C(OC1CCCCCC1)c1cccc(Br)c1. The maximum Gasteiger partial charge on any atom is 0.0977 e. The summed E-state index contributed by atoms with van der Waals surface area (Å²) >= 11 is 3.52. The molecule has 2 rings (SSSR count). The minimum atomic E-state index is 0.000556. The molecule has 2 nitrogen and oxygen atoms in total. The zero-order valence-corrected chi connectivity index (χ0v) is 13.2. The average Bonchev–Trinajstić information content (AvgIpc) is 2.64. The molecule has 0 aromatic heterocycles. The first-order valence-electron chi connectivity index (χ1n) is 7.33. The maximum absolute atomic E-state index is 6.33. The van der Waals surface area contributed by atoms with Crippen LogP contribution >= 0.6 is 15.9 Å². The fourth-order valence-electron chi connectivity index (χ4n) is 2.77. The summed E-state index contributed by atoms with van der Waals surface area (Å²) in [5, 5.41) is 0. The van der Waals surface area contributed by atoms with Gasteiger partial charge in [-0.3, -0.25) is 0 Å². The van der Waals surface area contributed by atoms with Gasteiger partial charge in [-0.25, -0.2) is 0 Å². The van der Waals surface area contributed by atoms with Crippen LogP contribution in [0.15, 0.2) is 28.7 Å². The third-order valence-corrected chi connectivity index (χ3v) is 4.29. The zero-order valence-electron chi connectivity index (χ0n) is 11.6. The number of benzene rings is 1. The van der Waals surface area contributed by atoms with E-state index in [0.29, 0.717) is 6.10 Å². The molecule has 0 bridgehead atoms. The summed E-state index contributed by atoms with van der Waals surface area (Å²) in [6.07, 6.45) is 8.00. The van der Waals surface area contributed by atoms with E-state index in [0.717, 1.165) is 4.47 Å². The summed E-state index contributed by atoms with van der Waals surface area (Å²) in [5.74, 6) is 0. The highest BCUT2D eigenvalue weighted by Crippen LogP contribution is 2.29. The summed E-state index contributed by atoms with van der Waals surface area (Å²) in [5.41, 5.74) is 7.31. The van der Waals surface area contributed by atoms with E-state index in [-0.39, 0.29) is 12.1 Å². The molecule has 1 aliphatic rings. The number of ether oxygens (including phenoxy) is 1. The van der Waals surface area contributed by atoms with Crippen LogP contribution in [0.5, 0.6) is 0 Å². The Morgan fingerprint density at radius 2 is 1.89 bits per heavy atom. The molecule has 2 N–H and O–H groups in total. The Hall–Kier alpha value is -0.380. The summed E-state index contributed by atoms with van der Waals surface area (Å²) in [7, 11) is 0. The molecule has 19 heavy (non-hydrogen) atoms. The summed E-state index contributed by atoms with van der Waals surface area (Å²) in [6.45, 7) is 2.03. The predicted molar refractivity (Wildman–Crippen MR) is 83.1 cm³/mol. The van der Waals surface area contributed by atoms with Crippen molar-refractivity contribution in [2.24, 2.45) is 5.73 Å². The molecule has 3 heteroatoms. The van der Waals surface area contributed by atoms with Gasteiger partial charge in [-0.05, 0) is 37.5 Å². The van der Waals surface area contributed by atoms with E-state index in [4.69, 9.17) is 10.5 Å². The van der Waals surface area contributed by atoms with Gasteiger partial charge in [0.15, 0.2) is 0 Å². The van der Waals surface area contributed by atoms with E-state index in [1.807, 2.05) is 19.1 Å². The van der Waals surface area contributed by atoms with Gasteiger partial charge in [-0.15, -0.1) is 0 Å². The Bertz CT molecular complexity index is 386. The van der Waals surface area contributed by atoms with E-state index < -0.39 is 0 Å². The van der Waals surface area contributed by atoms with Gasteiger partial charge in [0.1, 0.15) is 0 Å². The van der Waals surface area contributed by atoms with Gasteiger partial charge in [-0.2, -0.15) is 0 Å². The van der Waals surface area contributed by atoms with Crippen molar-refractivity contribution in [1.82, 2.24) is 0 Å². The van der Waals surface area contributed by atoms with Crippen LogP contribution in [0.25, 0.3) is 0 Å². The van der Waals surface area contributed by atoms with Crippen molar-refractivity contribution in [3.63, 3.8) is 0 Å². The van der Waals surface area contributed by atoms with Gasteiger partial charge in [-0.1, -0.05) is 53.7 Å². The van der Waals surface area contributed by atoms with Crippen molar-refractivity contribution >= 4 is 15.9 Å². The molecule has 1 saturated carbocycles. The molecule has 2 atom stereocenters. The smallest absolute Gasteiger partial charge is 0.0977 e. The largest absolute Gasteiger partial charge is 0.369 e. The first-order valence-corrected chi connectivity index (χ1v) is 8.12. The van der Waals surface area contributed by atoms with E-state index in [2.05, 4.69) is 28.1 Å². The van der Waals surface area contributed by atoms with Gasteiger partial charge in [0, 0.05) is 10.5 Å². The maximum atomic E-state index is 6.33. The topological polar surface area (TPSA) is 35.2 Å². The van der Waals surface area contributed by atoms with Gasteiger partial charge in [0.05, 0.1) is 12.2 Å². The molecule has 0 heterocycles. The van der Waals surface area contributed by atoms with Crippen LogP contribution in [0.1, 0.15) is 57.1 Å². The number of nitrogens with two attached hydrogens (primary N) is 1. The second kappa shape index (κ2) is 7.41. The molecule has 106 valence electrons. The molecule has 1 fully saturated rings. The average molecular weight is 326 g/mol. The van der Waals surface area contributed by atoms with Crippen molar-refractivity contribution in [2.45, 2.75) is 63.7 Å². The lowest BCUT2D eigenvalue weighted by Gasteiger charge is -2.27. The molecule has 2 unspecified atom stereocenters. The number of halogens is 1. The number of hydrogen-bond donors (Lipinski definition) is 1. The van der Waals surface area contributed by atoms with Crippen LogP contribution < -0.4 is 5.73 Å². The first-order chi connectivity index (χ1) is 9.16. The molecular formula is C16H24BrNO. The number of hydrogen-bond acceptors (Lipinski definition) is 2. The molecular weight excluding hydrogens is 302 g/mol. The van der Waals surface area contributed by atoms with E-state index >= 15 is 0 Å². The summed E-state index contributed by atoms with van der Waals surface area (Å²) in [6, 6.07) is 8.32. The monoisotopic (exact) mass is 325 g/mol. The van der Waals surface area contributed by atoms with Gasteiger partial charge in [0.2, 0.25) is 0 Å². The Morgan fingerprint density at radius 1 is 1.21 bits per heavy atom. The summed E-state index contributed by atoms with van der Waals surface area (Å²) in [4.78, 5) is 0. The Balaban J connectivity index is 2.07. The van der Waals surface area contributed by atoms with E-state index in [1.165, 1.54) is 44.1 Å². The van der Waals surface area contributed by atoms with Crippen molar-refractivity contribution in [3.8, 4) is 0 Å². The van der Waals surface area contributed by atoms with Crippen molar-refractivity contribution in [2.75, 3.05) is 0 Å². The third kappa shape index (κ3) is 4.59. The minimum Gasteiger partial charge on any atom is -0.369 e. The second-order valence-corrected chi connectivity index (χ2v) is 6.50. The first kappa shape index (κ1) is 15.0. The van der Waals surface area contributed by atoms with Gasteiger partial charge in [0.25, 0.3) is 0 Å². The molecule has 0 saturated heterocycles. The number of rotatable bonds is 4. The Labute approximate surface area is 124 Å². The van der Waals surface area contributed by atoms with Gasteiger partial charge >= 0.3 is 0 Å². The van der Waals surface area contributed by atoms with E-state index in [1.54, 1.807) is 0 Å². The molecule has 1 aromatic rings. The third-order valence-electron chi connectivity index (χ3n) is 3.80. The molecule has 0 spiro atoms. The van der Waals surface area contributed by atoms with Crippen LogP contribution in [-0.2, 0) is 4.74 Å². The highest BCUT2D eigenvalue weighted by atomic mass is 79.9. The van der Waals surface area contributed by atoms with Crippen LogP contribution in [0.2, 0.25) is 0 Å². The van der Waals surface area contributed by atoms with Crippen LogP contribution in [-0.4, -0.2) is 12.1 Å². The molecule has 0 amide bonds. The highest BCUT2D eigenvalue weighted by molar-refractivity contribution is 9.10. The lowest BCUT2D eigenvalue weighted by atomic mass is 10.0. The van der Waals surface area contributed by atoms with E-state index in [9.17, 15) is 0 Å². The quantitative estimate of drug-likeness (QED) is 0.822. The van der Waals surface area contributed by atoms with Crippen molar-refractivity contribution in [1.29, 1.82) is 0 Å². The van der Waals surface area contributed by atoms with Crippen molar-refractivity contribution in [3.05, 3.63) is 34.3 Å². The fraction of sp³-hybridized carbons (Fsp3) is 0.625. The molecule has 1 aromatic carbocycles. The summed E-state index contributed by atoms with van der Waals surface area (Å²) < 4.78 is 7.41. The Kier molecular flexibility index (Phi) is 5.86.